The minimum Gasteiger partial charge on any atom is -0.285 e. The molecule has 0 saturated heterocycles. The van der Waals surface area contributed by atoms with Gasteiger partial charge in [0.15, 0.2) is 0 Å². The van der Waals surface area contributed by atoms with Gasteiger partial charge in [0, 0.05) is 22.5 Å². The van der Waals surface area contributed by atoms with Crippen molar-refractivity contribution in [3.63, 3.8) is 0 Å². The van der Waals surface area contributed by atoms with Gasteiger partial charge in [-0.15, -0.1) is 0 Å². The van der Waals surface area contributed by atoms with Gasteiger partial charge in [0.05, 0.1) is 16.7 Å². The van der Waals surface area contributed by atoms with Gasteiger partial charge in [-0.05, 0) is 61.6 Å². The van der Waals surface area contributed by atoms with Gasteiger partial charge in [-0.25, -0.2) is 9.97 Å². The molecule has 0 N–H and O–H groups in total. The number of aromatic nitrogens is 3. The maximum Gasteiger partial charge on any atom is 0.235 e. The number of nitrogens with zero attached hydrogens (tertiary/aromatic N) is 3. The van der Waals surface area contributed by atoms with E-state index in [1.54, 1.807) is 0 Å². The van der Waals surface area contributed by atoms with Crippen LogP contribution in [0.2, 0.25) is 13.1 Å². The van der Waals surface area contributed by atoms with E-state index in [-0.39, 0.29) is 0 Å². The van der Waals surface area contributed by atoms with E-state index >= 15 is 0 Å². The molecule has 3 heterocycles. The summed E-state index contributed by atoms with van der Waals surface area (Å²) in [5, 5.41) is 7.91. The molecule has 1 aliphatic heterocycles. The summed E-state index contributed by atoms with van der Waals surface area (Å²) in [6, 6.07) is 48.0. The Morgan fingerprint density at radius 1 is 0.523 bits per heavy atom. The molecule has 44 heavy (non-hydrogen) atoms. The van der Waals surface area contributed by atoms with Crippen LogP contribution in [-0.4, -0.2) is 22.6 Å². The summed E-state index contributed by atoms with van der Waals surface area (Å²) in [4.78, 5) is 10.3. The van der Waals surface area contributed by atoms with Gasteiger partial charge < -0.3 is 0 Å². The highest BCUT2D eigenvalue weighted by Gasteiger charge is 2.38. The summed E-state index contributed by atoms with van der Waals surface area (Å²) in [6.07, 6.45) is 2.15. The smallest absolute Gasteiger partial charge is 0.235 e. The molecule has 0 spiro atoms. The van der Waals surface area contributed by atoms with Gasteiger partial charge in [-0.2, -0.15) is 0 Å². The minimum atomic E-state index is -1.85. The third-order valence-corrected chi connectivity index (χ3v) is 13.0. The van der Waals surface area contributed by atoms with Crippen molar-refractivity contribution in [2.24, 2.45) is 0 Å². The van der Waals surface area contributed by atoms with Crippen LogP contribution in [0.1, 0.15) is 0 Å². The Balaban J connectivity index is 1.19. The third-order valence-electron chi connectivity index (χ3n) is 9.45. The first-order valence-electron chi connectivity index (χ1n) is 15.2. The summed E-state index contributed by atoms with van der Waals surface area (Å²) < 4.78 is 2.17. The van der Waals surface area contributed by atoms with Gasteiger partial charge in [-0.3, -0.25) is 4.57 Å². The number of hydrogen-bond donors (Lipinski definition) is 0. The normalized spacial score (nSPS) is 13.4. The molecular weight excluding hydrogens is 551 g/mol. The molecule has 4 heteroatoms. The Labute approximate surface area is 257 Å². The number of rotatable bonds is 3. The van der Waals surface area contributed by atoms with Crippen LogP contribution in [0.4, 0.5) is 0 Å². The Morgan fingerprint density at radius 3 is 2.11 bits per heavy atom. The molecule has 0 radical (unpaired) electrons. The second-order valence-electron chi connectivity index (χ2n) is 12.3. The number of fused-ring (bicyclic) bond motifs is 7. The summed E-state index contributed by atoms with van der Waals surface area (Å²) in [7, 11) is -1.85. The van der Waals surface area contributed by atoms with Crippen molar-refractivity contribution in [3.05, 3.63) is 140 Å². The average Bonchev–Trinajstić information content (AvgIpc) is 3.60. The van der Waals surface area contributed by atoms with Crippen molar-refractivity contribution in [2.45, 2.75) is 13.1 Å². The Bertz CT molecular complexity index is 2410. The number of para-hydroxylation sites is 1. The zero-order valence-corrected chi connectivity index (χ0v) is 25.6. The van der Waals surface area contributed by atoms with Crippen LogP contribution in [0.25, 0.3) is 72.0 Å². The van der Waals surface area contributed by atoms with E-state index in [1.165, 1.54) is 48.8 Å². The van der Waals surface area contributed by atoms with Gasteiger partial charge in [0.1, 0.15) is 8.07 Å². The molecule has 0 unspecified atom stereocenters. The Hall–Kier alpha value is -5.32. The van der Waals surface area contributed by atoms with Gasteiger partial charge in [0.25, 0.3) is 0 Å². The quantitative estimate of drug-likeness (QED) is 0.196. The van der Waals surface area contributed by atoms with Crippen LogP contribution >= 0.6 is 0 Å². The zero-order chi connectivity index (χ0) is 29.4. The average molecular weight is 580 g/mol. The van der Waals surface area contributed by atoms with E-state index in [0.717, 1.165) is 27.7 Å². The first-order chi connectivity index (χ1) is 21.6. The fourth-order valence-corrected chi connectivity index (χ4v) is 10.8. The predicted molar refractivity (Wildman–Crippen MR) is 187 cm³/mol. The highest BCUT2D eigenvalue weighted by molar-refractivity contribution is 7.05. The zero-order valence-electron chi connectivity index (χ0n) is 24.6. The van der Waals surface area contributed by atoms with E-state index in [9.17, 15) is 0 Å². The highest BCUT2D eigenvalue weighted by atomic mass is 28.3. The molecule has 9 rings (SSSR count). The van der Waals surface area contributed by atoms with Gasteiger partial charge >= 0.3 is 0 Å². The molecule has 0 aliphatic carbocycles. The Morgan fingerprint density at radius 2 is 1.23 bits per heavy atom. The summed E-state index contributed by atoms with van der Waals surface area (Å²) >= 11 is 0. The van der Waals surface area contributed by atoms with Crippen LogP contribution in [0, 0.1) is 0 Å². The number of hydrogen-bond acceptors (Lipinski definition) is 2. The van der Waals surface area contributed by atoms with Crippen molar-refractivity contribution in [3.8, 4) is 39.5 Å². The van der Waals surface area contributed by atoms with Crippen molar-refractivity contribution in [2.75, 3.05) is 0 Å². The molecule has 1 aliphatic rings. The number of benzene rings is 6. The predicted octanol–water partition coefficient (Wildman–Crippen LogP) is 8.86. The lowest BCUT2D eigenvalue weighted by Crippen LogP contribution is -2.49. The lowest BCUT2D eigenvalue weighted by atomic mass is 9.96. The third kappa shape index (κ3) is 3.61. The molecule has 0 fully saturated rings. The fraction of sp³-hybridized carbons (Fsp3) is 0.0500. The van der Waals surface area contributed by atoms with E-state index in [2.05, 4.69) is 157 Å². The van der Waals surface area contributed by atoms with Crippen LogP contribution in [0.15, 0.2) is 140 Å². The minimum absolute atomic E-state index is 0.696. The molecule has 208 valence electrons. The maximum absolute atomic E-state index is 5.25. The topological polar surface area (TPSA) is 30.7 Å². The molecule has 0 atom stereocenters. The summed E-state index contributed by atoms with van der Waals surface area (Å²) in [6.45, 7) is 4.95. The van der Waals surface area contributed by atoms with E-state index < -0.39 is 8.07 Å². The van der Waals surface area contributed by atoms with E-state index in [1.807, 2.05) is 0 Å². The van der Waals surface area contributed by atoms with Crippen molar-refractivity contribution < 1.29 is 0 Å². The van der Waals surface area contributed by atoms with Crippen LogP contribution in [0.3, 0.4) is 0 Å². The monoisotopic (exact) mass is 579 g/mol. The second-order valence-corrected chi connectivity index (χ2v) is 16.6. The van der Waals surface area contributed by atoms with E-state index in [0.29, 0.717) is 5.95 Å². The van der Waals surface area contributed by atoms with Gasteiger partial charge in [-0.1, -0.05) is 128 Å². The molecule has 6 aromatic carbocycles. The summed E-state index contributed by atoms with van der Waals surface area (Å²) in [5.41, 5.74) is 9.33. The van der Waals surface area contributed by atoms with E-state index in [4.69, 9.17) is 9.97 Å². The molecule has 8 aromatic rings. The first kappa shape index (κ1) is 25.2. The fourth-order valence-electron chi connectivity index (χ4n) is 7.36. The molecular formula is C40H29N3Si. The maximum atomic E-state index is 5.25. The second kappa shape index (κ2) is 9.34. The van der Waals surface area contributed by atoms with Crippen LogP contribution < -0.4 is 10.4 Å². The first-order valence-corrected chi connectivity index (χ1v) is 18.2. The molecule has 0 amide bonds. The largest absolute Gasteiger partial charge is 0.285 e. The van der Waals surface area contributed by atoms with Crippen LogP contribution in [0.5, 0.6) is 0 Å². The van der Waals surface area contributed by atoms with Crippen molar-refractivity contribution in [1.29, 1.82) is 0 Å². The molecule has 3 nitrogen and oxygen atoms in total. The molecule has 0 saturated carbocycles. The Kier molecular flexibility index (Phi) is 5.35. The molecule has 0 bridgehead atoms. The van der Waals surface area contributed by atoms with Crippen molar-refractivity contribution >= 4 is 51.0 Å². The van der Waals surface area contributed by atoms with Crippen LogP contribution in [-0.2, 0) is 0 Å². The highest BCUT2D eigenvalue weighted by Crippen LogP contribution is 2.35. The molecule has 2 aromatic heterocycles. The van der Waals surface area contributed by atoms with Crippen molar-refractivity contribution in [1.82, 2.24) is 14.5 Å². The van der Waals surface area contributed by atoms with Gasteiger partial charge in [0.2, 0.25) is 5.95 Å². The standard InChI is InChI=1S/C40H29N3Si/c1-44(2)37-17-8-6-13-31(37)32-22-23-36-34(39(32)44)24-25-43(36)40-41-35-16-7-5-14-33(35)38(42-40)28-20-18-27(19-21-28)30-15-9-11-26-10-3-4-12-29(26)30/h3-25H,1-2H3. The lowest BCUT2D eigenvalue weighted by Gasteiger charge is -2.19. The SMILES string of the molecule is C[Si]1(C)c2ccccc2-c2ccc3c(ccn3-c3nc(-c4ccc(-c5cccc6ccccc56)cc4)c4ccccc4n3)c21. The lowest BCUT2D eigenvalue weighted by molar-refractivity contribution is 0.984. The summed E-state index contributed by atoms with van der Waals surface area (Å²) in [5.74, 6) is 0.696.